The van der Waals surface area contributed by atoms with Gasteiger partial charge in [0.05, 0.1) is 12.7 Å². The number of methoxy groups -OCH3 is 2. The van der Waals surface area contributed by atoms with E-state index in [4.69, 9.17) is 9.47 Å². The fraction of sp³-hybridized carbons (Fsp3) is 0.316. The first kappa shape index (κ1) is 24.4. The second-order valence-corrected chi connectivity index (χ2v) is 7.59. The molecule has 2 rings (SSSR count). The highest BCUT2D eigenvalue weighted by Crippen LogP contribution is 2.17. The molecule has 9 heteroatoms. The van der Waals surface area contributed by atoms with Gasteiger partial charge < -0.3 is 25.0 Å². The van der Waals surface area contributed by atoms with Crippen molar-refractivity contribution in [2.45, 2.75) is 6.10 Å². The first-order valence-corrected chi connectivity index (χ1v) is 10.4. The molecule has 2 atom stereocenters. The monoisotopic (exact) mass is 470 g/mol. The normalized spacial score (nSPS) is 11.8. The molecule has 0 aromatic heterocycles. The van der Waals surface area contributed by atoms with Gasteiger partial charge in [-0.3, -0.25) is 4.79 Å². The van der Waals surface area contributed by atoms with Crippen molar-refractivity contribution in [3.05, 3.63) is 58.6 Å². The van der Waals surface area contributed by atoms with Crippen molar-refractivity contribution in [2.75, 3.05) is 39.7 Å². The van der Waals surface area contributed by atoms with Crippen LogP contribution in [-0.2, 0) is 14.0 Å². The highest BCUT2D eigenvalue weighted by molar-refractivity contribution is 9.10. The highest BCUT2D eigenvalue weighted by atomic mass is 79.9. The Bertz CT molecular complexity index is 769. The maximum atomic E-state index is 12.0. The lowest BCUT2D eigenvalue weighted by molar-refractivity contribution is -0.160. The molecule has 0 aliphatic rings. The second-order valence-electron chi connectivity index (χ2n) is 5.64. The van der Waals surface area contributed by atoms with E-state index < -0.39 is 8.03 Å². The Morgan fingerprint density at radius 2 is 1.93 bits per heavy atom. The van der Waals surface area contributed by atoms with Crippen LogP contribution in [0.25, 0.3) is 0 Å². The third kappa shape index (κ3) is 9.01. The van der Waals surface area contributed by atoms with Gasteiger partial charge in [0, 0.05) is 42.6 Å². The number of ether oxygens (including phenoxy) is 2. The highest BCUT2D eigenvalue weighted by Gasteiger charge is 2.12. The molecule has 1 amide bonds. The molecule has 0 heterocycles. The van der Waals surface area contributed by atoms with Crippen LogP contribution in [0.1, 0.15) is 10.4 Å². The quantitative estimate of drug-likeness (QED) is 0.574. The Hall–Kier alpha value is -1.67. The van der Waals surface area contributed by atoms with Crippen LogP contribution in [-0.4, -0.2) is 46.4 Å². The minimum atomic E-state index is -2.69. The largest absolute Gasteiger partial charge is 0.591 e. The van der Waals surface area contributed by atoms with Crippen molar-refractivity contribution in [1.82, 2.24) is 5.32 Å². The van der Waals surface area contributed by atoms with Gasteiger partial charge in [-0.1, -0.05) is 32.6 Å². The summed E-state index contributed by atoms with van der Waals surface area (Å²) in [6.07, 6.45) is 0.181. The molecule has 0 aliphatic heterocycles. The number of likely N-dealkylation sites (N-methyl/N-ethyl adjacent to an activating group) is 1. The predicted molar refractivity (Wildman–Crippen MR) is 112 cm³/mol. The van der Waals surface area contributed by atoms with E-state index in [1.165, 1.54) is 18.2 Å². The first-order chi connectivity index (χ1) is 13.4. The maximum absolute atomic E-state index is 12.0. The SMILES string of the molecule is CNCC(COC)OC.O=C(Nc1cccc(Br)c1)c1cccc([P+](=O)[O-])c1. The molecule has 7 nitrogen and oxygen atoms in total. The minimum Gasteiger partial charge on any atom is -0.591 e. The van der Waals surface area contributed by atoms with Crippen LogP contribution >= 0.6 is 24.0 Å². The summed E-state index contributed by atoms with van der Waals surface area (Å²) in [7, 11) is 2.55. The summed E-state index contributed by atoms with van der Waals surface area (Å²) in [5.74, 6) is -0.350. The van der Waals surface area contributed by atoms with Crippen molar-refractivity contribution >= 4 is 40.9 Å². The van der Waals surface area contributed by atoms with E-state index in [1.54, 1.807) is 38.5 Å². The van der Waals surface area contributed by atoms with Crippen molar-refractivity contribution < 1.29 is 23.7 Å². The van der Waals surface area contributed by atoms with Crippen molar-refractivity contribution in [2.24, 2.45) is 0 Å². The topological polar surface area (TPSA) is 99.7 Å². The molecule has 0 bridgehead atoms. The Morgan fingerprint density at radius 1 is 1.21 bits per heavy atom. The summed E-state index contributed by atoms with van der Waals surface area (Å²) in [4.78, 5) is 22.9. The lowest BCUT2D eigenvalue weighted by Gasteiger charge is -2.12. The molecule has 0 aliphatic carbocycles. The molecule has 0 radical (unpaired) electrons. The zero-order valence-electron chi connectivity index (χ0n) is 16.0. The first-order valence-electron chi connectivity index (χ1n) is 8.39. The summed E-state index contributed by atoms with van der Waals surface area (Å²) in [5, 5.41) is 5.82. The van der Waals surface area contributed by atoms with Crippen LogP contribution in [0.4, 0.5) is 5.69 Å². The van der Waals surface area contributed by atoms with Crippen LogP contribution in [0.5, 0.6) is 0 Å². The molecule has 152 valence electrons. The molecule has 2 N–H and O–H groups in total. The zero-order chi connectivity index (χ0) is 20.9. The molecule has 0 saturated heterocycles. The van der Waals surface area contributed by atoms with E-state index in [9.17, 15) is 14.3 Å². The zero-order valence-corrected chi connectivity index (χ0v) is 18.5. The summed E-state index contributed by atoms with van der Waals surface area (Å²) >= 11 is 3.31. The van der Waals surface area contributed by atoms with Crippen molar-refractivity contribution in [3.8, 4) is 0 Å². The maximum Gasteiger partial charge on any atom is 0.348 e. The van der Waals surface area contributed by atoms with Gasteiger partial charge in [-0.25, -0.2) is 0 Å². The number of carbonyl (C=O) groups excluding carboxylic acids is 1. The number of carbonyl (C=O) groups is 1. The summed E-state index contributed by atoms with van der Waals surface area (Å²) in [6, 6.07) is 13.0. The molecule has 0 fully saturated rings. The average Bonchev–Trinajstić information content (AvgIpc) is 2.68. The Morgan fingerprint density at radius 3 is 2.50 bits per heavy atom. The van der Waals surface area contributed by atoms with Gasteiger partial charge in [0.2, 0.25) is 0 Å². The smallest absolute Gasteiger partial charge is 0.348 e. The van der Waals surface area contributed by atoms with Crippen LogP contribution in [0.15, 0.2) is 53.0 Å². The van der Waals surface area contributed by atoms with Gasteiger partial charge in [-0.05, 0) is 37.4 Å². The molecule has 0 spiro atoms. The van der Waals surface area contributed by atoms with Gasteiger partial charge in [0.25, 0.3) is 5.91 Å². The number of benzene rings is 2. The van der Waals surface area contributed by atoms with Crippen LogP contribution < -0.4 is 20.8 Å². The Labute approximate surface area is 174 Å². The molecule has 2 unspecified atom stereocenters. The van der Waals surface area contributed by atoms with Gasteiger partial charge in [-0.15, -0.1) is 0 Å². The van der Waals surface area contributed by atoms with E-state index in [1.807, 2.05) is 13.1 Å². The summed E-state index contributed by atoms with van der Waals surface area (Å²) in [5.41, 5.74) is 0.938. The molecular formula is C19H24BrN2O5P. The molecule has 2 aromatic carbocycles. The molecule has 28 heavy (non-hydrogen) atoms. The third-order valence-electron chi connectivity index (χ3n) is 3.52. The number of hydrogen-bond donors (Lipinski definition) is 2. The predicted octanol–water partition coefficient (Wildman–Crippen LogP) is 2.30. The van der Waals surface area contributed by atoms with E-state index in [-0.39, 0.29) is 17.3 Å². The molecule has 0 saturated carbocycles. The number of rotatable bonds is 8. The lowest BCUT2D eigenvalue weighted by atomic mass is 10.2. The van der Waals surface area contributed by atoms with E-state index in [0.29, 0.717) is 17.9 Å². The fourth-order valence-electron chi connectivity index (χ4n) is 2.15. The van der Waals surface area contributed by atoms with Crippen LogP contribution in [0.3, 0.4) is 0 Å². The van der Waals surface area contributed by atoms with Crippen LogP contribution in [0, 0.1) is 0 Å². The number of hydrogen-bond acceptors (Lipinski definition) is 6. The average molecular weight is 471 g/mol. The van der Waals surface area contributed by atoms with Gasteiger partial charge in [0.15, 0.2) is 5.30 Å². The van der Waals surface area contributed by atoms with Gasteiger partial charge in [-0.2, -0.15) is 0 Å². The second kappa shape index (κ2) is 13.5. The minimum absolute atomic E-state index is 0.122. The van der Waals surface area contributed by atoms with Crippen LogP contribution in [0.2, 0.25) is 0 Å². The molecule has 2 aromatic rings. The number of anilines is 1. The number of nitrogens with one attached hydrogen (secondary N) is 2. The summed E-state index contributed by atoms with van der Waals surface area (Å²) in [6.45, 7) is 1.49. The lowest BCUT2D eigenvalue weighted by Crippen LogP contribution is -2.29. The Balaban J connectivity index is 0.000000370. The third-order valence-corrected chi connectivity index (χ3v) is 4.71. The van der Waals surface area contributed by atoms with E-state index in [0.717, 1.165) is 11.0 Å². The fourth-order valence-corrected chi connectivity index (χ4v) is 3.01. The van der Waals surface area contributed by atoms with Crippen molar-refractivity contribution in [3.63, 3.8) is 0 Å². The Kier molecular flexibility index (Phi) is 11.7. The summed E-state index contributed by atoms with van der Waals surface area (Å²) < 4.78 is 21.7. The van der Waals surface area contributed by atoms with Crippen molar-refractivity contribution in [1.29, 1.82) is 0 Å². The van der Waals surface area contributed by atoms with E-state index in [2.05, 4.69) is 26.6 Å². The van der Waals surface area contributed by atoms with Gasteiger partial charge >= 0.3 is 8.03 Å². The molecular weight excluding hydrogens is 447 g/mol. The van der Waals surface area contributed by atoms with E-state index >= 15 is 0 Å². The van der Waals surface area contributed by atoms with Gasteiger partial charge in [0.1, 0.15) is 0 Å². The number of amides is 1. The number of halogens is 1. The standard InChI is InChI=1S/C13H9BrNO3P.C6H15NO2/c14-10-4-2-5-11(8-10)15-13(16)9-3-1-6-12(7-9)19(17)18;1-7-4-6(9-3)5-8-2/h1-8H,(H,15,16);6-7H,4-5H2,1-3H3.